The van der Waals surface area contributed by atoms with Crippen molar-refractivity contribution in [1.82, 2.24) is 0 Å². The first-order chi connectivity index (χ1) is 14.8. The molecule has 1 atom stereocenters. The van der Waals surface area contributed by atoms with E-state index in [2.05, 4.69) is 10.0 Å². The van der Waals surface area contributed by atoms with Gasteiger partial charge in [0.25, 0.3) is 15.9 Å². The van der Waals surface area contributed by atoms with Crippen molar-refractivity contribution in [2.24, 2.45) is 0 Å². The lowest BCUT2D eigenvalue weighted by atomic mass is 10.3. The molecule has 0 fully saturated rings. The number of amides is 1. The van der Waals surface area contributed by atoms with Crippen LogP contribution >= 0.6 is 0 Å². The molecule has 3 rings (SSSR count). The average Bonchev–Trinajstić information content (AvgIpc) is 2.76. The van der Waals surface area contributed by atoms with Crippen LogP contribution in [-0.2, 0) is 14.8 Å². The number of hydrogen-bond acceptors (Lipinski definition) is 5. The van der Waals surface area contributed by atoms with Gasteiger partial charge >= 0.3 is 0 Å². The van der Waals surface area contributed by atoms with Gasteiger partial charge in [-0.05, 0) is 79.7 Å². The number of halogens is 1. The fourth-order valence-corrected chi connectivity index (χ4v) is 3.66. The van der Waals surface area contributed by atoms with Gasteiger partial charge in [0.2, 0.25) is 0 Å². The number of rotatable bonds is 8. The normalized spacial score (nSPS) is 12.0. The van der Waals surface area contributed by atoms with Crippen molar-refractivity contribution in [3.05, 3.63) is 78.6 Å². The van der Waals surface area contributed by atoms with Crippen molar-refractivity contribution in [2.75, 3.05) is 17.1 Å². The molecule has 0 saturated carbocycles. The molecule has 0 saturated heterocycles. The predicted octanol–water partition coefficient (Wildman–Crippen LogP) is 4.04. The SMILES string of the molecule is COc1ccc(O[C@H](C)C(=O)Nc2ccc(S(=O)(=O)Nc3ccc(F)cc3)cc2)cc1. The van der Waals surface area contributed by atoms with Gasteiger partial charge in [-0.2, -0.15) is 0 Å². The third kappa shape index (κ3) is 5.95. The summed E-state index contributed by atoms with van der Waals surface area (Å²) in [6.07, 6.45) is -0.781. The topological polar surface area (TPSA) is 93.7 Å². The summed E-state index contributed by atoms with van der Waals surface area (Å²) in [5.74, 6) is 0.328. The molecule has 0 unspecified atom stereocenters. The summed E-state index contributed by atoms with van der Waals surface area (Å²) in [5, 5.41) is 2.67. The Hall–Kier alpha value is -3.59. The van der Waals surface area contributed by atoms with E-state index in [1.165, 1.54) is 36.4 Å². The Balaban J connectivity index is 1.61. The molecule has 0 aliphatic carbocycles. The molecule has 9 heteroatoms. The minimum atomic E-state index is -3.85. The molecule has 0 heterocycles. The fourth-order valence-electron chi connectivity index (χ4n) is 2.61. The van der Waals surface area contributed by atoms with Crippen molar-refractivity contribution >= 4 is 27.3 Å². The molecule has 162 valence electrons. The lowest BCUT2D eigenvalue weighted by Gasteiger charge is -2.15. The van der Waals surface area contributed by atoms with E-state index >= 15 is 0 Å². The Morgan fingerprint density at radius 2 is 1.42 bits per heavy atom. The average molecular weight is 444 g/mol. The van der Waals surface area contributed by atoms with Gasteiger partial charge in [-0.1, -0.05) is 0 Å². The smallest absolute Gasteiger partial charge is 0.265 e. The molecule has 31 heavy (non-hydrogen) atoms. The molecule has 3 aromatic carbocycles. The zero-order chi connectivity index (χ0) is 22.4. The number of carbonyl (C=O) groups is 1. The van der Waals surface area contributed by atoms with Gasteiger partial charge in [0.05, 0.1) is 12.0 Å². The molecular formula is C22H21FN2O5S. The van der Waals surface area contributed by atoms with Crippen LogP contribution in [0.3, 0.4) is 0 Å². The third-order valence-corrected chi connectivity index (χ3v) is 5.67. The van der Waals surface area contributed by atoms with Gasteiger partial charge in [-0.15, -0.1) is 0 Å². The molecule has 0 bridgehead atoms. The minimum absolute atomic E-state index is 0.00245. The van der Waals surface area contributed by atoms with Gasteiger partial charge in [-0.3, -0.25) is 9.52 Å². The van der Waals surface area contributed by atoms with E-state index < -0.39 is 27.9 Å². The van der Waals surface area contributed by atoms with Crippen molar-refractivity contribution in [2.45, 2.75) is 17.9 Å². The number of hydrogen-bond donors (Lipinski definition) is 2. The number of nitrogens with one attached hydrogen (secondary N) is 2. The highest BCUT2D eigenvalue weighted by Gasteiger charge is 2.17. The van der Waals surface area contributed by atoms with Gasteiger partial charge in [0.15, 0.2) is 6.10 Å². The van der Waals surface area contributed by atoms with Crippen molar-refractivity contribution in [1.29, 1.82) is 0 Å². The first-order valence-corrected chi connectivity index (χ1v) is 10.8. The van der Waals surface area contributed by atoms with Crippen LogP contribution < -0.4 is 19.5 Å². The molecule has 0 aliphatic rings. The standard InChI is InChI=1S/C22H21FN2O5S/c1-15(30-20-11-9-19(29-2)10-12-20)22(26)24-17-7-13-21(14-8-17)31(27,28)25-18-5-3-16(23)4-6-18/h3-15,25H,1-2H3,(H,24,26)/t15-/m1/s1. The molecule has 3 aromatic rings. The third-order valence-electron chi connectivity index (χ3n) is 4.27. The maximum atomic E-state index is 13.0. The summed E-state index contributed by atoms with van der Waals surface area (Å²) in [6.45, 7) is 1.60. The van der Waals surface area contributed by atoms with E-state index in [-0.39, 0.29) is 10.6 Å². The summed E-state index contributed by atoms with van der Waals surface area (Å²) in [7, 11) is -2.30. The highest BCUT2D eigenvalue weighted by atomic mass is 32.2. The number of carbonyl (C=O) groups excluding carboxylic acids is 1. The van der Waals surface area contributed by atoms with Crippen LogP contribution in [0.15, 0.2) is 77.7 Å². The number of ether oxygens (including phenoxy) is 2. The summed E-state index contributed by atoms with van der Waals surface area (Å²) in [4.78, 5) is 12.4. The highest BCUT2D eigenvalue weighted by Crippen LogP contribution is 2.20. The van der Waals surface area contributed by atoms with E-state index in [9.17, 15) is 17.6 Å². The Kier molecular flexibility index (Phi) is 6.76. The minimum Gasteiger partial charge on any atom is -0.497 e. The maximum absolute atomic E-state index is 13.0. The van der Waals surface area contributed by atoms with Crippen LogP contribution in [0.4, 0.5) is 15.8 Å². The van der Waals surface area contributed by atoms with Gasteiger partial charge in [-0.25, -0.2) is 12.8 Å². The lowest BCUT2D eigenvalue weighted by molar-refractivity contribution is -0.122. The van der Waals surface area contributed by atoms with Gasteiger partial charge < -0.3 is 14.8 Å². The molecule has 2 N–H and O–H groups in total. The quantitative estimate of drug-likeness (QED) is 0.547. The van der Waals surface area contributed by atoms with Crippen molar-refractivity contribution in [3.63, 3.8) is 0 Å². The van der Waals surface area contributed by atoms with Crippen LogP contribution in [0, 0.1) is 5.82 Å². The van der Waals surface area contributed by atoms with E-state index in [0.717, 1.165) is 12.1 Å². The fraction of sp³-hybridized carbons (Fsp3) is 0.136. The molecule has 1 amide bonds. The van der Waals surface area contributed by atoms with Crippen molar-refractivity contribution < 1.29 is 27.1 Å². The van der Waals surface area contributed by atoms with Crippen LogP contribution in [-0.4, -0.2) is 27.5 Å². The van der Waals surface area contributed by atoms with E-state index in [4.69, 9.17) is 9.47 Å². The molecule has 0 spiro atoms. The second-order valence-electron chi connectivity index (χ2n) is 6.56. The first kappa shape index (κ1) is 22.1. The Labute approximate surface area is 179 Å². The van der Waals surface area contributed by atoms with Crippen molar-refractivity contribution in [3.8, 4) is 11.5 Å². The number of anilines is 2. The first-order valence-electron chi connectivity index (χ1n) is 9.27. The second kappa shape index (κ2) is 9.48. The zero-order valence-electron chi connectivity index (χ0n) is 16.8. The van der Waals surface area contributed by atoms with Crippen LogP contribution in [0.25, 0.3) is 0 Å². The molecule has 0 aliphatic heterocycles. The van der Waals surface area contributed by atoms with E-state index in [1.807, 2.05) is 0 Å². The monoisotopic (exact) mass is 444 g/mol. The summed E-state index contributed by atoms with van der Waals surface area (Å²) in [5.41, 5.74) is 0.652. The summed E-state index contributed by atoms with van der Waals surface area (Å²) >= 11 is 0. The lowest BCUT2D eigenvalue weighted by Crippen LogP contribution is -2.30. The number of benzene rings is 3. The predicted molar refractivity (Wildman–Crippen MR) is 115 cm³/mol. The maximum Gasteiger partial charge on any atom is 0.265 e. The van der Waals surface area contributed by atoms with Crippen LogP contribution in [0.2, 0.25) is 0 Å². The van der Waals surface area contributed by atoms with Crippen LogP contribution in [0.1, 0.15) is 6.92 Å². The second-order valence-corrected chi connectivity index (χ2v) is 8.24. The molecule has 0 aromatic heterocycles. The van der Waals surface area contributed by atoms with Gasteiger partial charge in [0.1, 0.15) is 17.3 Å². The molecule has 7 nitrogen and oxygen atoms in total. The molecular weight excluding hydrogens is 423 g/mol. The molecule has 0 radical (unpaired) electrons. The highest BCUT2D eigenvalue weighted by molar-refractivity contribution is 7.92. The summed E-state index contributed by atoms with van der Waals surface area (Å²) in [6, 6.07) is 17.4. The van der Waals surface area contributed by atoms with E-state index in [1.54, 1.807) is 38.3 Å². The van der Waals surface area contributed by atoms with Crippen LogP contribution in [0.5, 0.6) is 11.5 Å². The zero-order valence-corrected chi connectivity index (χ0v) is 17.6. The Morgan fingerprint density at radius 1 is 0.871 bits per heavy atom. The van der Waals surface area contributed by atoms with E-state index in [0.29, 0.717) is 17.2 Å². The largest absolute Gasteiger partial charge is 0.497 e. The van der Waals surface area contributed by atoms with Gasteiger partial charge in [0, 0.05) is 11.4 Å². The number of methoxy groups -OCH3 is 1. The number of sulfonamides is 1. The Bertz CT molecular complexity index is 1130. The summed E-state index contributed by atoms with van der Waals surface area (Å²) < 4.78 is 50.9. The Morgan fingerprint density at radius 3 is 2.00 bits per heavy atom.